The summed E-state index contributed by atoms with van der Waals surface area (Å²) in [5.74, 6) is -3.02. The molecule has 0 aliphatic heterocycles. The van der Waals surface area contributed by atoms with Gasteiger partial charge >= 0.3 is 11.9 Å². The summed E-state index contributed by atoms with van der Waals surface area (Å²) in [6, 6.07) is 21.2. The third-order valence-corrected chi connectivity index (χ3v) is 5.52. The van der Waals surface area contributed by atoms with Crippen LogP contribution in [0.1, 0.15) is 23.6 Å². The number of aliphatic carboxylic acids is 2. The number of benzene rings is 3. The Kier molecular flexibility index (Phi) is 6.79. The minimum Gasteiger partial charge on any atom is -0.481 e. The second-order valence-electron chi connectivity index (χ2n) is 7.76. The molecule has 0 aliphatic rings. The summed E-state index contributed by atoms with van der Waals surface area (Å²) in [6.07, 6.45) is 0.866. The molecule has 3 aromatic carbocycles. The number of halogens is 1. The van der Waals surface area contributed by atoms with Crippen LogP contribution in [0, 0.1) is 5.82 Å². The molecule has 8 heteroatoms. The molecule has 7 nitrogen and oxygen atoms in total. The highest BCUT2D eigenvalue weighted by atomic mass is 19.1. The molecule has 4 rings (SSSR count). The first kappa shape index (κ1) is 22.9. The first-order chi connectivity index (χ1) is 16.4. The molecule has 4 aromatic rings. The largest absolute Gasteiger partial charge is 0.481 e. The van der Waals surface area contributed by atoms with Crippen LogP contribution < -0.4 is 5.32 Å². The highest BCUT2D eigenvalue weighted by Gasteiger charge is 2.29. The number of hydrogen-bond donors (Lipinski definition) is 4. The van der Waals surface area contributed by atoms with E-state index in [9.17, 15) is 24.2 Å². The van der Waals surface area contributed by atoms with Crippen molar-refractivity contribution in [2.24, 2.45) is 0 Å². The predicted octanol–water partition coefficient (Wildman–Crippen LogP) is 4.49. The summed E-state index contributed by atoms with van der Waals surface area (Å²) >= 11 is 0. The SMILES string of the molecule is O=C(O)CC(NC(c1ccc(-c2ccccc2)cc1)c1cn[nH]c1-c1ccccc1F)C(=O)O. The van der Waals surface area contributed by atoms with Crippen molar-refractivity contribution < 1.29 is 24.2 Å². The Morgan fingerprint density at radius 2 is 1.56 bits per heavy atom. The van der Waals surface area contributed by atoms with E-state index in [4.69, 9.17) is 0 Å². The lowest BCUT2D eigenvalue weighted by molar-refractivity contribution is -0.146. The molecular weight excluding hydrogens is 437 g/mol. The molecule has 172 valence electrons. The number of carboxylic acids is 2. The van der Waals surface area contributed by atoms with E-state index in [2.05, 4.69) is 15.5 Å². The summed E-state index contributed by atoms with van der Waals surface area (Å²) in [6.45, 7) is 0. The lowest BCUT2D eigenvalue weighted by Crippen LogP contribution is -2.41. The highest BCUT2D eigenvalue weighted by molar-refractivity contribution is 5.80. The van der Waals surface area contributed by atoms with Crippen molar-refractivity contribution in [2.75, 3.05) is 0 Å². The number of aromatic amines is 1. The number of rotatable bonds is 9. The summed E-state index contributed by atoms with van der Waals surface area (Å²) in [4.78, 5) is 23.1. The van der Waals surface area contributed by atoms with Gasteiger partial charge < -0.3 is 10.2 Å². The molecule has 0 saturated carbocycles. The van der Waals surface area contributed by atoms with Gasteiger partial charge in [0.25, 0.3) is 0 Å². The fourth-order valence-electron chi connectivity index (χ4n) is 3.85. The lowest BCUT2D eigenvalue weighted by atomic mass is 9.93. The first-order valence-corrected chi connectivity index (χ1v) is 10.6. The third-order valence-electron chi connectivity index (χ3n) is 5.52. The van der Waals surface area contributed by atoms with E-state index in [0.717, 1.165) is 11.1 Å². The number of nitrogens with one attached hydrogen (secondary N) is 2. The molecular formula is C26H22FN3O4. The fourth-order valence-corrected chi connectivity index (χ4v) is 3.85. The maximum Gasteiger partial charge on any atom is 0.321 e. The standard InChI is InChI=1S/C26H22FN3O4/c27-21-9-5-4-8-19(21)25-20(15-28-30-25)24(29-22(26(33)34)14-23(31)32)18-12-10-17(11-13-18)16-6-2-1-3-7-16/h1-13,15,22,24,29H,14H2,(H,28,30)(H,31,32)(H,33,34). The van der Waals surface area contributed by atoms with E-state index < -0.39 is 36.3 Å². The van der Waals surface area contributed by atoms with Gasteiger partial charge in [0, 0.05) is 11.1 Å². The van der Waals surface area contributed by atoms with Crippen molar-refractivity contribution in [1.29, 1.82) is 0 Å². The molecule has 2 atom stereocenters. The second-order valence-corrected chi connectivity index (χ2v) is 7.76. The Morgan fingerprint density at radius 3 is 2.21 bits per heavy atom. The topological polar surface area (TPSA) is 115 Å². The van der Waals surface area contributed by atoms with Crippen molar-refractivity contribution in [3.05, 3.63) is 102 Å². The van der Waals surface area contributed by atoms with Crippen LogP contribution in [0.15, 0.2) is 85.1 Å². The summed E-state index contributed by atoms with van der Waals surface area (Å²) in [7, 11) is 0. The average Bonchev–Trinajstić information content (AvgIpc) is 3.31. The van der Waals surface area contributed by atoms with Crippen molar-refractivity contribution >= 4 is 11.9 Å². The highest BCUT2D eigenvalue weighted by Crippen LogP contribution is 2.33. The number of hydrogen-bond acceptors (Lipinski definition) is 4. The van der Waals surface area contributed by atoms with Gasteiger partial charge in [-0.15, -0.1) is 0 Å². The molecule has 0 saturated heterocycles. The molecule has 0 fully saturated rings. The van der Waals surface area contributed by atoms with Gasteiger partial charge in [-0.2, -0.15) is 5.10 Å². The molecule has 0 amide bonds. The van der Waals surface area contributed by atoms with Crippen LogP contribution in [-0.4, -0.2) is 38.4 Å². The van der Waals surface area contributed by atoms with Gasteiger partial charge in [-0.25, -0.2) is 4.39 Å². The number of nitrogens with zero attached hydrogens (tertiary/aromatic N) is 1. The Balaban J connectivity index is 1.77. The van der Waals surface area contributed by atoms with Crippen LogP contribution in [0.5, 0.6) is 0 Å². The Hall–Kier alpha value is -4.30. The van der Waals surface area contributed by atoms with Crippen molar-refractivity contribution in [1.82, 2.24) is 15.5 Å². The van der Waals surface area contributed by atoms with Gasteiger partial charge in [0.15, 0.2) is 0 Å². The molecule has 0 radical (unpaired) electrons. The predicted molar refractivity (Wildman–Crippen MR) is 125 cm³/mol. The van der Waals surface area contributed by atoms with Crippen molar-refractivity contribution in [3.63, 3.8) is 0 Å². The quantitative estimate of drug-likeness (QED) is 0.293. The maximum absolute atomic E-state index is 14.6. The Morgan fingerprint density at radius 1 is 0.912 bits per heavy atom. The van der Waals surface area contributed by atoms with Crippen LogP contribution in [0.4, 0.5) is 4.39 Å². The van der Waals surface area contributed by atoms with Gasteiger partial charge in [0.2, 0.25) is 0 Å². The molecule has 34 heavy (non-hydrogen) atoms. The van der Waals surface area contributed by atoms with E-state index in [1.165, 1.54) is 12.3 Å². The number of carboxylic acid groups (broad SMARTS) is 2. The minimum atomic E-state index is -1.38. The van der Waals surface area contributed by atoms with Crippen LogP contribution in [0.2, 0.25) is 0 Å². The van der Waals surface area contributed by atoms with E-state index in [1.54, 1.807) is 18.2 Å². The normalized spacial score (nSPS) is 12.7. The molecule has 0 aliphatic carbocycles. The zero-order chi connectivity index (χ0) is 24.1. The molecule has 1 heterocycles. The average molecular weight is 459 g/mol. The van der Waals surface area contributed by atoms with Crippen LogP contribution >= 0.6 is 0 Å². The molecule has 0 spiro atoms. The van der Waals surface area contributed by atoms with Gasteiger partial charge in [0.05, 0.1) is 24.4 Å². The molecule has 2 unspecified atom stereocenters. The summed E-state index contributed by atoms with van der Waals surface area (Å²) in [5, 5.41) is 28.6. The zero-order valence-corrected chi connectivity index (χ0v) is 18.0. The van der Waals surface area contributed by atoms with Gasteiger partial charge in [-0.3, -0.25) is 20.0 Å². The number of aromatic nitrogens is 2. The smallest absolute Gasteiger partial charge is 0.321 e. The Labute approximate surface area is 194 Å². The number of H-pyrrole nitrogens is 1. The van der Waals surface area contributed by atoms with Crippen LogP contribution in [0.3, 0.4) is 0 Å². The maximum atomic E-state index is 14.6. The lowest BCUT2D eigenvalue weighted by Gasteiger charge is -2.24. The summed E-state index contributed by atoms with van der Waals surface area (Å²) in [5.41, 5.74) is 3.80. The zero-order valence-electron chi connectivity index (χ0n) is 18.0. The van der Waals surface area contributed by atoms with E-state index in [-0.39, 0.29) is 5.56 Å². The minimum absolute atomic E-state index is 0.271. The van der Waals surface area contributed by atoms with Crippen molar-refractivity contribution in [2.45, 2.75) is 18.5 Å². The second kappa shape index (κ2) is 10.1. The van der Waals surface area contributed by atoms with Gasteiger partial charge in [-0.1, -0.05) is 66.7 Å². The first-order valence-electron chi connectivity index (χ1n) is 10.6. The van der Waals surface area contributed by atoms with E-state index in [0.29, 0.717) is 16.8 Å². The van der Waals surface area contributed by atoms with Crippen LogP contribution in [-0.2, 0) is 9.59 Å². The van der Waals surface area contributed by atoms with E-state index >= 15 is 0 Å². The molecule has 1 aromatic heterocycles. The molecule has 4 N–H and O–H groups in total. The molecule has 0 bridgehead atoms. The van der Waals surface area contributed by atoms with Crippen molar-refractivity contribution in [3.8, 4) is 22.4 Å². The fraction of sp³-hybridized carbons (Fsp3) is 0.115. The monoisotopic (exact) mass is 459 g/mol. The number of carbonyl (C=O) groups is 2. The van der Waals surface area contributed by atoms with Gasteiger partial charge in [0.1, 0.15) is 11.9 Å². The Bertz CT molecular complexity index is 1290. The van der Waals surface area contributed by atoms with Gasteiger partial charge in [-0.05, 0) is 28.8 Å². The third kappa shape index (κ3) is 5.02. The van der Waals surface area contributed by atoms with Crippen LogP contribution in [0.25, 0.3) is 22.4 Å². The summed E-state index contributed by atoms with van der Waals surface area (Å²) < 4.78 is 14.6. The van der Waals surface area contributed by atoms with E-state index in [1.807, 2.05) is 54.6 Å².